The number of rotatable bonds is 4. The Morgan fingerprint density at radius 2 is 1.79 bits per heavy atom. The van der Waals surface area contributed by atoms with Gasteiger partial charge in [-0.2, -0.15) is 5.10 Å². The van der Waals surface area contributed by atoms with Crippen molar-refractivity contribution < 1.29 is 9.31 Å². The van der Waals surface area contributed by atoms with Gasteiger partial charge in [-0.05, 0) is 65.6 Å². The van der Waals surface area contributed by atoms with Gasteiger partial charge in [0.1, 0.15) is 0 Å². The molecule has 3 rings (SSSR count). The highest BCUT2D eigenvalue weighted by Gasteiger charge is 2.51. The van der Waals surface area contributed by atoms with E-state index >= 15 is 0 Å². The third kappa shape index (κ3) is 3.98. The second-order valence-corrected chi connectivity index (χ2v) is 8.71. The molecule has 0 N–H and O–H groups in total. The Hall–Kier alpha value is -2.18. The first-order valence-corrected chi connectivity index (χ1v) is 9.67. The van der Waals surface area contributed by atoms with Crippen LogP contribution in [0.5, 0.6) is 0 Å². The van der Waals surface area contributed by atoms with E-state index in [0.717, 1.165) is 27.9 Å². The molecular weight excluding hydrogens is 349 g/mol. The third-order valence-corrected chi connectivity index (χ3v) is 5.63. The average molecular weight is 379 g/mol. The fourth-order valence-electron chi connectivity index (χ4n) is 3.14. The largest absolute Gasteiger partial charge is 0.494 e. The molecule has 0 bridgehead atoms. The predicted octanol–water partition coefficient (Wildman–Crippen LogP) is 4.22. The summed E-state index contributed by atoms with van der Waals surface area (Å²) in [7, 11) is 1.56. The van der Waals surface area contributed by atoms with Crippen molar-refractivity contribution in [3.05, 3.63) is 47.3 Å². The normalized spacial score (nSPS) is 18.1. The molecule has 6 heteroatoms. The summed E-state index contributed by atoms with van der Waals surface area (Å²) in [5.41, 5.74) is 5.70. The second-order valence-electron chi connectivity index (χ2n) is 8.71. The maximum atomic E-state index is 6.16. The van der Waals surface area contributed by atoms with Crippen molar-refractivity contribution in [2.24, 2.45) is 12.0 Å². The van der Waals surface area contributed by atoms with Gasteiger partial charge in [-0.25, -0.2) is 0 Å². The molecular formula is C22H30BN3O2. The Morgan fingerprint density at radius 3 is 2.29 bits per heavy atom. The Balaban J connectivity index is 1.83. The topological polar surface area (TPSA) is 48.6 Å². The van der Waals surface area contributed by atoms with E-state index < -0.39 is 0 Å². The van der Waals surface area contributed by atoms with Crippen LogP contribution in [0.2, 0.25) is 0 Å². The molecule has 1 aliphatic rings. The van der Waals surface area contributed by atoms with E-state index in [-0.39, 0.29) is 18.3 Å². The summed E-state index contributed by atoms with van der Waals surface area (Å²) in [6.45, 7) is 14.5. The van der Waals surface area contributed by atoms with Crippen molar-refractivity contribution in [3.8, 4) is 0 Å². The number of hydrogen-bond donors (Lipinski definition) is 0. The Labute approximate surface area is 168 Å². The van der Waals surface area contributed by atoms with E-state index in [1.54, 1.807) is 4.68 Å². The monoisotopic (exact) mass is 379 g/mol. The molecule has 5 nitrogen and oxygen atoms in total. The van der Waals surface area contributed by atoms with Crippen LogP contribution in [0.15, 0.2) is 41.2 Å². The van der Waals surface area contributed by atoms with Gasteiger partial charge in [0.05, 0.1) is 23.1 Å². The highest BCUT2D eigenvalue weighted by Crippen LogP contribution is 2.36. The van der Waals surface area contributed by atoms with Crippen molar-refractivity contribution in [1.82, 2.24) is 9.78 Å². The van der Waals surface area contributed by atoms with E-state index in [1.165, 1.54) is 5.57 Å². The lowest BCUT2D eigenvalue weighted by molar-refractivity contribution is 0.00578. The number of aliphatic imine (C=N–C) groups is 1. The first-order chi connectivity index (χ1) is 13.0. The summed E-state index contributed by atoms with van der Waals surface area (Å²) in [5, 5.41) is 4.26. The fourth-order valence-corrected chi connectivity index (χ4v) is 3.14. The van der Waals surface area contributed by atoms with Crippen molar-refractivity contribution in [2.75, 3.05) is 0 Å². The zero-order valence-electron chi connectivity index (χ0n) is 18.2. The first kappa shape index (κ1) is 20.6. The van der Waals surface area contributed by atoms with Gasteiger partial charge in [0.2, 0.25) is 0 Å². The minimum Gasteiger partial charge on any atom is -0.399 e. The van der Waals surface area contributed by atoms with Crippen LogP contribution >= 0.6 is 0 Å². The van der Waals surface area contributed by atoms with E-state index in [4.69, 9.17) is 14.3 Å². The number of aryl methyl sites for hydroxylation is 2. The van der Waals surface area contributed by atoms with Gasteiger partial charge in [0.25, 0.3) is 0 Å². The van der Waals surface area contributed by atoms with Crippen molar-refractivity contribution in [3.63, 3.8) is 0 Å². The number of hydrogen-bond acceptors (Lipinski definition) is 4. The van der Waals surface area contributed by atoms with Gasteiger partial charge >= 0.3 is 7.12 Å². The molecule has 1 aromatic carbocycles. The van der Waals surface area contributed by atoms with Crippen LogP contribution in [0.4, 0.5) is 5.69 Å². The molecule has 0 radical (unpaired) electrons. The summed E-state index contributed by atoms with van der Waals surface area (Å²) >= 11 is 0. The number of benzene rings is 1. The quantitative estimate of drug-likeness (QED) is 0.590. The van der Waals surface area contributed by atoms with Crippen molar-refractivity contribution in [2.45, 2.75) is 59.7 Å². The maximum Gasteiger partial charge on any atom is 0.494 e. The minimum absolute atomic E-state index is 0.343. The molecule has 1 aliphatic heterocycles. The van der Waals surface area contributed by atoms with Gasteiger partial charge in [-0.3, -0.25) is 9.67 Å². The highest BCUT2D eigenvalue weighted by atomic mass is 16.7. The molecule has 0 saturated carbocycles. The third-order valence-electron chi connectivity index (χ3n) is 5.63. The molecule has 0 unspecified atom stereocenters. The highest BCUT2D eigenvalue weighted by molar-refractivity contribution is 6.62. The van der Waals surface area contributed by atoms with E-state index in [1.807, 2.05) is 37.8 Å². The fraction of sp³-hybridized carbons (Fsp3) is 0.455. The van der Waals surface area contributed by atoms with Crippen molar-refractivity contribution >= 4 is 30.1 Å². The minimum atomic E-state index is -0.356. The standard InChI is InChI=1S/C22H30BN3O2/c1-15(2)19(17-12-25-26(8)14-17)13-24-20-10-9-18(11-16(20)3)23-27-21(4,5)22(6,7)28-23/h9-14H,1-8H3. The molecule has 28 heavy (non-hydrogen) atoms. The second kappa shape index (κ2) is 7.34. The van der Waals surface area contributed by atoms with Crippen LogP contribution < -0.4 is 5.46 Å². The van der Waals surface area contributed by atoms with E-state index in [9.17, 15) is 0 Å². The Bertz CT molecular complexity index is 921. The summed E-state index contributed by atoms with van der Waals surface area (Å²) in [6, 6.07) is 6.16. The smallest absolute Gasteiger partial charge is 0.399 e. The van der Waals surface area contributed by atoms with Gasteiger partial charge in [-0.15, -0.1) is 0 Å². The molecule has 2 aromatic rings. The summed E-state index contributed by atoms with van der Waals surface area (Å²) in [5.74, 6) is 0. The SMILES string of the molecule is CC(C)=C(C=Nc1ccc(B2OC(C)(C)C(C)(C)O2)cc1C)c1cnn(C)c1. The molecule has 0 amide bonds. The van der Waals surface area contributed by atoms with Gasteiger partial charge < -0.3 is 9.31 Å². The molecule has 0 atom stereocenters. The van der Waals surface area contributed by atoms with Crippen LogP contribution in [0.1, 0.15) is 52.7 Å². The predicted molar refractivity (Wildman–Crippen MR) is 117 cm³/mol. The maximum absolute atomic E-state index is 6.16. The van der Waals surface area contributed by atoms with Crippen LogP contribution in [-0.4, -0.2) is 34.3 Å². The molecule has 0 aliphatic carbocycles. The number of aromatic nitrogens is 2. The Morgan fingerprint density at radius 1 is 1.14 bits per heavy atom. The average Bonchev–Trinajstić information content (AvgIpc) is 3.09. The number of allylic oxidation sites excluding steroid dienone is 2. The molecule has 2 heterocycles. The summed E-state index contributed by atoms with van der Waals surface area (Å²) in [6.07, 6.45) is 5.79. The molecule has 1 saturated heterocycles. The zero-order valence-corrected chi connectivity index (χ0v) is 18.2. The van der Waals surface area contributed by atoms with Gasteiger partial charge in [0, 0.05) is 30.6 Å². The Kier molecular flexibility index (Phi) is 5.39. The zero-order chi connectivity index (χ0) is 20.7. The lowest BCUT2D eigenvalue weighted by atomic mass is 9.78. The lowest BCUT2D eigenvalue weighted by Gasteiger charge is -2.32. The molecule has 148 valence electrons. The van der Waals surface area contributed by atoms with Crippen LogP contribution in [0.3, 0.4) is 0 Å². The van der Waals surface area contributed by atoms with Gasteiger partial charge in [0.15, 0.2) is 0 Å². The summed E-state index contributed by atoms with van der Waals surface area (Å²) < 4.78 is 14.1. The van der Waals surface area contributed by atoms with Crippen LogP contribution in [0.25, 0.3) is 5.57 Å². The lowest BCUT2D eigenvalue weighted by Crippen LogP contribution is -2.41. The molecule has 0 spiro atoms. The van der Waals surface area contributed by atoms with Crippen LogP contribution in [-0.2, 0) is 16.4 Å². The van der Waals surface area contributed by atoms with Crippen molar-refractivity contribution in [1.29, 1.82) is 0 Å². The molecule has 1 aromatic heterocycles. The number of nitrogens with zero attached hydrogens (tertiary/aromatic N) is 3. The van der Waals surface area contributed by atoms with E-state index in [2.05, 4.69) is 59.6 Å². The van der Waals surface area contributed by atoms with E-state index in [0.29, 0.717) is 0 Å². The summed E-state index contributed by atoms with van der Waals surface area (Å²) in [4.78, 5) is 4.74. The molecule has 1 fully saturated rings. The first-order valence-electron chi connectivity index (χ1n) is 9.67. The van der Waals surface area contributed by atoms with Gasteiger partial charge in [-0.1, -0.05) is 17.7 Å². The van der Waals surface area contributed by atoms with Crippen LogP contribution in [0, 0.1) is 6.92 Å².